The van der Waals surface area contributed by atoms with Gasteiger partial charge in [-0.3, -0.25) is 0 Å². The summed E-state index contributed by atoms with van der Waals surface area (Å²) in [6.45, 7) is 3.93. The minimum absolute atomic E-state index is 1.21. The summed E-state index contributed by atoms with van der Waals surface area (Å²) in [4.78, 5) is 0. The summed E-state index contributed by atoms with van der Waals surface area (Å²) in [6.07, 6.45) is 1.93. The Balaban J connectivity index is 2.17. The van der Waals surface area contributed by atoms with Crippen LogP contribution in [-0.2, 0) is 0 Å². The van der Waals surface area contributed by atoms with Gasteiger partial charge in [0.15, 0.2) is 0 Å². The highest BCUT2D eigenvalue weighted by atomic mass is 127. The summed E-state index contributed by atoms with van der Waals surface area (Å²) >= 11 is 14.6. The Labute approximate surface area is 235 Å². The maximum absolute atomic E-state index is 3.93. The summed E-state index contributed by atoms with van der Waals surface area (Å²) in [5.41, 5.74) is 6.36. The minimum atomic E-state index is 1.21. The van der Waals surface area contributed by atoms with Gasteiger partial charge < -0.3 is 0 Å². The third-order valence-corrected chi connectivity index (χ3v) is 12.1. The van der Waals surface area contributed by atoms with Gasteiger partial charge in [0.1, 0.15) is 0 Å². The van der Waals surface area contributed by atoms with E-state index in [0.29, 0.717) is 0 Å². The van der Waals surface area contributed by atoms with Crippen LogP contribution < -0.4 is 0 Å². The molecule has 0 N–H and O–H groups in total. The molecule has 3 aromatic rings. The lowest BCUT2D eigenvalue weighted by Crippen LogP contribution is -1.96. The van der Waals surface area contributed by atoms with E-state index in [0.717, 1.165) is 0 Å². The molecule has 0 fully saturated rings. The van der Waals surface area contributed by atoms with Crippen molar-refractivity contribution >= 4 is 142 Å². The van der Waals surface area contributed by atoms with Crippen molar-refractivity contribution in [2.45, 2.75) is 0 Å². The van der Waals surface area contributed by atoms with Crippen molar-refractivity contribution in [3.8, 4) is 22.3 Å². The molecule has 0 nitrogen and oxygen atoms in total. The molecular weight excluding hydrogens is 1000 g/mol. The first-order chi connectivity index (χ1) is 12.3. The van der Waals surface area contributed by atoms with Gasteiger partial charge in [-0.15, -0.1) is 0 Å². The topological polar surface area (TPSA) is 0 Å². The van der Waals surface area contributed by atoms with E-state index in [2.05, 4.69) is 185 Å². The molecule has 0 aromatic heterocycles. The smallest absolute Gasteiger partial charge is 0.0349 e. The van der Waals surface area contributed by atoms with Crippen LogP contribution in [-0.4, -0.2) is 0 Å². The van der Waals surface area contributed by atoms with E-state index in [1.165, 1.54) is 49.2 Å². The predicted octanol–water partition coefficient (Wildman–Crippen LogP) is 9.29. The average molecular weight is 1010 g/mol. The van der Waals surface area contributed by atoms with Crippen LogP contribution in [0.1, 0.15) is 5.56 Å². The van der Waals surface area contributed by atoms with Crippen LogP contribution >= 0.6 is 136 Å². The molecule has 0 aliphatic carbocycles. The maximum atomic E-state index is 3.93. The molecule has 0 amide bonds. The zero-order valence-electron chi connectivity index (χ0n) is 13.1. The third kappa shape index (κ3) is 4.58. The molecule has 0 aliphatic rings. The van der Waals surface area contributed by atoms with Gasteiger partial charge in [0, 0.05) is 27.0 Å². The summed E-state index contributed by atoms with van der Waals surface area (Å²) < 4.78 is 7.68. The molecule has 0 saturated heterocycles. The lowest BCUT2D eigenvalue weighted by atomic mass is 9.99. The van der Waals surface area contributed by atoms with Gasteiger partial charge in [0.05, 0.1) is 0 Å². The van der Waals surface area contributed by atoms with Gasteiger partial charge in [-0.2, -0.15) is 0 Å². The van der Waals surface area contributed by atoms with E-state index < -0.39 is 0 Å². The van der Waals surface area contributed by atoms with E-state index >= 15 is 0 Å². The number of rotatable bonds is 3. The molecule has 0 heterocycles. The lowest BCUT2D eigenvalue weighted by molar-refractivity contribution is 1.47. The summed E-state index contributed by atoms with van der Waals surface area (Å²) in [6, 6.07) is 15.5. The van der Waals surface area contributed by atoms with Crippen molar-refractivity contribution in [1.29, 1.82) is 0 Å². The van der Waals surface area contributed by atoms with Crippen molar-refractivity contribution in [3.63, 3.8) is 0 Å². The molecule has 0 saturated carbocycles. The van der Waals surface area contributed by atoms with Gasteiger partial charge in [0.25, 0.3) is 0 Å². The zero-order chi connectivity index (χ0) is 19.0. The number of hydrogen-bond donors (Lipinski definition) is 0. The first kappa shape index (κ1) is 22.5. The predicted molar refractivity (Wildman–Crippen MR) is 164 cm³/mol. The van der Waals surface area contributed by atoms with E-state index in [-0.39, 0.29) is 0 Å². The Kier molecular flexibility index (Phi) is 8.40. The van der Waals surface area contributed by atoms with Gasteiger partial charge in [-0.05, 0) is 176 Å². The fourth-order valence-electron chi connectivity index (χ4n) is 2.63. The highest BCUT2D eigenvalue weighted by molar-refractivity contribution is 14.1. The van der Waals surface area contributed by atoms with E-state index in [1.807, 2.05) is 6.08 Å². The molecule has 0 radical (unpaired) electrons. The van der Waals surface area contributed by atoms with Gasteiger partial charge in [0.2, 0.25) is 0 Å². The van der Waals surface area contributed by atoms with Crippen LogP contribution in [0, 0.1) is 21.4 Å². The molecule has 0 spiro atoms. The highest BCUT2D eigenvalue weighted by Crippen LogP contribution is 2.39. The molecule has 3 aromatic carbocycles. The fourth-order valence-corrected chi connectivity index (χ4v) is 7.53. The minimum Gasteiger partial charge on any atom is -0.0984 e. The largest absolute Gasteiger partial charge is 0.0984 e. The molecule has 0 unspecified atom stereocenters. The summed E-state index contributed by atoms with van der Waals surface area (Å²) in [7, 11) is 0. The Morgan fingerprint density at radius 2 is 1.15 bits per heavy atom. The van der Waals surface area contributed by atoms with Crippen LogP contribution in [0.2, 0.25) is 0 Å². The molecule has 0 atom stereocenters. The molecule has 0 aliphatic heterocycles. The fraction of sp³-hybridized carbons (Fsp3) is 0. The second-order valence-electron chi connectivity index (χ2n) is 5.45. The van der Waals surface area contributed by atoms with E-state index in [1.54, 1.807) is 0 Å². The van der Waals surface area contributed by atoms with Crippen molar-refractivity contribution in [2.75, 3.05) is 0 Å². The lowest BCUT2D eigenvalue weighted by Gasteiger charge is -2.15. The number of hydrogen-bond acceptors (Lipinski definition) is 0. The van der Waals surface area contributed by atoms with Crippen LogP contribution in [0.3, 0.4) is 0 Å². The Bertz CT molecular complexity index is 1000. The second kappa shape index (κ2) is 9.73. The normalized spacial score (nSPS) is 10.8. The standard InChI is InChI=1S/C20H10I6/c1-2-11-16(22)8-10(9-17(11)23)12-6-7-14(20(26)19(12)25)13-4-3-5-15(21)18(13)24/h2-9H,1H2. The van der Waals surface area contributed by atoms with Crippen LogP contribution in [0.25, 0.3) is 28.3 Å². The SMILES string of the molecule is C=Cc1c(I)cc(-c2ccc(-c3cccc(I)c3I)c(I)c2I)cc1I. The Hall–Kier alpha value is 1.78. The number of benzene rings is 3. The average Bonchev–Trinajstić information content (AvgIpc) is 2.60. The summed E-state index contributed by atoms with van der Waals surface area (Å²) in [5.74, 6) is 0. The second-order valence-corrected chi connectivity index (χ2v) is 12.2. The monoisotopic (exact) mass is 1010 g/mol. The van der Waals surface area contributed by atoms with Crippen molar-refractivity contribution in [2.24, 2.45) is 0 Å². The molecular formula is C20H10I6. The number of halogens is 6. The highest BCUT2D eigenvalue weighted by Gasteiger charge is 2.16. The first-order valence-electron chi connectivity index (χ1n) is 7.39. The molecule has 132 valence electrons. The summed E-state index contributed by atoms with van der Waals surface area (Å²) in [5, 5.41) is 0. The molecule has 0 bridgehead atoms. The van der Waals surface area contributed by atoms with Crippen LogP contribution in [0.5, 0.6) is 0 Å². The molecule has 3 rings (SSSR count). The van der Waals surface area contributed by atoms with Gasteiger partial charge in [-0.1, -0.05) is 36.9 Å². The third-order valence-electron chi connectivity index (χ3n) is 3.92. The maximum Gasteiger partial charge on any atom is 0.0349 e. The molecule has 6 heteroatoms. The van der Waals surface area contributed by atoms with Crippen molar-refractivity contribution in [1.82, 2.24) is 0 Å². The Morgan fingerprint density at radius 1 is 0.615 bits per heavy atom. The Morgan fingerprint density at radius 3 is 1.77 bits per heavy atom. The van der Waals surface area contributed by atoms with E-state index in [4.69, 9.17) is 0 Å². The molecule has 26 heavy (non-hydrogen) atoms. The first-order valence-corrected chi connectivity index (χ1v) is 13.9. The quantitative estimate of drug-likeness (QED) is 0.230. The van der Waals surface area contributed by atoms with Crippen molar-refractivity contribution < 1.29 is 0 Å². The van der Waals surface area contributed by atoms with Gasteiger partial charge >= 0.3 is 0 Å². The van der Waals surface area contributed by atoms with Gasteiger partial charge in [-0.25, -0.2) is 0 Å². The van der Waals surface area contributed by atoms with Crippen LogP contribution in [0.15, 0.2) is 49.0 Å². The van der Waals surface area contributed by atoms with Crippen LogP contribution in [0.4, 0.5) is 0 Å². The van der Waals surface area contributed by atoms with Crippen molar-refractivity contribution in [3.05, 3.63) is 76.0 Å². The van der Waals surface area contributed by atoms with E-state index in [9.17, 15) is 0 Å². The zero-order valence-corrected chi connectivity index (χ0v) is 26.0.